The highest BCUT2D eigenvalue weighted by Gasteiger charge is 2.20. The molecule has 0 saturated carbocycles. The highest BCUT2D eigenvalue weighted by molar-refractivity contribution is 7.59. The normalized spacial score (nSPS) is 11.4. The smallest absolute Gasteiger partial charge is 0.143 e. The van der Waals surface area contributed by atoms with E-state index in [1.54, 1.807) is 0 Å². The van der Waals surface area contributed by atoms with Gasteiger partial charge in [0.05, 0.1) is 6.61 Å². The van der Waals surface area contributed by atoms with E-state index >= 15 is 0 Å². The molecule has 1 aromatic rings. The second kappa shape index (κ2) is 4.05. The quantitative estimate of drug-likeness (QED) is 0.676. The minimum absolute atomic E-state index is 0.0325. The first-order valence-electron chi connectivity index (χ1n) is 4.52. The monoisotopic (exact) mass is 197 g/mol. The van der Waals surface area contributed by atoms with Crippen LogP contribution in [0.4, 0.5) is 0 Å². The fourth-order valence-electron chi connectivity index (χ4n) is 1.13. The summed E-state index contributed by atoms with van der Waals surface area (Å²) < 4.78 is 5.39. The molecule has 1 nitrogen and oxygen atoms in total. The Kier molecular flexibility index (Phi) is 3.26. The SMILES string of the molecule is CCOc1ccc(C(C)(C)[SH2+])cc1. The van der Waals surface area contributed by atoms with E-state index in [2.05, 4.69) is 38.6 Å². The van der Waals surface area contributed by atoms with E-state index in [1.165, 1.54) is 5.56 Å². The summed E-state index contributed by atoms with van der Waals surface area (Å²) in [6.45, 7) is 6.96. The Morgan fingerprint density at radius 2 is 1.77 bits per heavy atom. The molecule has 0 fully saturated rings. The Hall–Kier alpha value is -0.630. The van der Waals surface area contributed by atoms with Gasteiger partial charge in [0.2, 0.25) is 0 Å². The lowest BCUT2D eigenvalue weighted by Gasteiger charge is -2.12. The largest absolute Gasteiger partial charge is 0.494 e. The number of ether oxygens (including phenoxy) is 1. The van der Waals surface area contributed by atoms with Crippen LogP contribution in [0.1, 0.15) is 26.3 Å². The Morgan fingerprint density at radius 1 is 1.23 bits per heavy atom. The molecule has 1 aromatic carbocycles. The molecule has 0 unspecified atom stereocenters. The first-order valence-corrected chi connectivity index (χ1v) is 5.02. The molecule has 0 heterocycles. The van der Waals surface area contributed by atoms with Crippen molar-refractivity contribution in [2.75, 3.05) is 6.61 Å². The topological polar surface area (TPSA) is 9.23 Å². The van der Waals surface area contributed by atoms with Crippen molar-refractivity contribution < 1.29 is 4.74 Å². The van der Waals surface area contributed by atoms with Crippen LogP contribution in [-0.2, 0) is 17.4 Å². The van der Waals surface area contributed by atoms with Crippen LogP contribution >= 0.6 is 0 Å². The van der Waals surface area contributed by atoms with E-state index < -0.39 is 0 Å². The van der Waals surface area contributed by atoms with E-state index in [0.29, 0.717) is 0 Å². The molecule has 0 aliphatic heterocycles. The second-order valence-corrected chi connectivity index (χ2v) is 4.83. The van der Waals surface area contributed by atoms with Crippen LogP contribution in [0.15, 0.2) is 24.3 Å². The molecule has 1 rings (SSSR count). The molecule has 2 heteroatoms. The fraction of sp³-hybridized carbons (Fsp3) is 0.455. The van der Waals surface area contributed by atoms with E-state index in [0.717, 1.165) is 12.4 Å². The maximum absolute atomic E-state index is 5.36. The van der Waals surface area contributed by atoms with Crippen molar-refractivity contribution in [2.45, 2.75) is 25.5 Å². The molecule has 72 valence electrons. The number of hydrogen-bond acceptors (Lipinski definition) is 1. The highest BCUT2D eigenvalue weighted by Crippen LogP contribution is 2.23. The second-order valence-electron chi connectivity index (χ2n) is 3.58. The van der Waals surface area contributed by atoms with Crippen LogP contribution in [0.3, 0.4) is 0 Å². The summed E-state index contributed by atoms with van der Waals surface area (Å²) in [4.78, 5) is 0. The molecule has 0 amide bonds. The standard InChI is InChI=1S/C11H16OS/c1-4-12-10-7-5-9(6-8-10)11(2,3)13/h5-8,13H,4H2,1-3H3/p+1. The molecule has 0 aromatic heterocycles. The van der Waals surface area contributed by atoms with Gasteiger partial charge in [-0.1, -0.05) is 12.1 Å². The molecular weight excluding hydrogens is 180 g/mol. The van der Waals surface area contributed by atoms with Crippen molar-refractivity contribution in [3.05, 3.63) is 29.8 Å². The Balaban J connectivity index is 2.81. The average Bonchev–Trinajstić information content (AvgIpc) is 2.04. The summed E-state index contributed by atoms with van der Waals surface area (Å²) in [5.41, 5.74) is 1.26. The minimum Gasteiger partial charge on any atom is -0.494 e. The molecule has 0 atom stereocenters. The summed E-state index contributed by atoms with van der Waals surface area (Å²) in [6, 6.07) is 8.16. The van der Waals surface area contributed by atoms with Gasteiger partial charge in [-0.2, -0.15) is 0 Å². The lowest BCUT2D eigenvalue weighted by atomic mass is 10.0. The summed E-state index contributed by atoms with van der Waals surface area (Å²) in [5.74, 6) is 0.933. The van der Waals surface area contributed by atoms with Crippen LogP contribution < -0.4 is 4.74 Å². The minimum atomic E-state index is 0.0325. The molecule has 0 saturated heterocycles. The zero-order valence-electron chi connectivity index (χ0n) is 8.42. The molecule has 0 aliphatic carbocycles. The van der Waals surface area contributed by atoms with Gasteiger partial charge in [0.25, 0.3) is 0 Å². The van der Waals surface area contributed by atoms with Crippen LogP contribution in [-0.4, -0.2) is 6.61 Å². The van der Waals surface area contributed by atoms with E-state index in [1.807, 2.05) is 19.1 Å². The number of benzene rings is 1. The van der Waals surface area contributed by atoms with Crippen molar-refractivity contribution >= 4 is 12.6 Å². The fourth-order valence-corrected chi connectivity index (χ4v) is 1.30. The van der Waals surface area contributed by atoms with Gasteiger partial charge in [-0.05, 0) is 45.5 Å². The molecule has 0 spiro atoms. The summed E-state index contributed by atoms with van der Waals surface area (Å²) in [6.07, 6.45) is 0. The van der Waals surface area contributed by atoms with Gasteiger partial charge >= 0.3 is 0 Å². The molecule has 0 N–H and O–H groups in total. The zero-order chi connectivity index (χ0) is 9.90. The Morgan fingerprint density at radius 3 is 2.15 bits per heavy atom. The lowest BCUT2D eigenvalue weighted by molar-refractivity contribution is 0.340. The summed E-state index contributed by atoms with van der Waals surface area (Å²) in [5, 5.41) is 0. The lowest BCUT2D eigenvalue weighted by Crippen LogP contribution is -2.11. The van der Waals surface area contributed by atoms with Crippen molar-refractivity contribution in [2.24, 2.45) is 0 Å². The van der Waals surface area contributed by atoms with Gasteiger partial charge in [-0.25, -0.2) is 0 Å². The third-order valence-electron chi connectivity index (χ3n) is 1.89. The van der Waals surface area contributed by atoms with Crippen LogP contribution in [0.5, 0.6) is 5.75 Å². The molecule has 0 bridgehead atoms. The van der Waals surface area contributed by atoms with E-state index in [-0.39, 0.29) is 4.75 Å². The number of hydrogen-bond donors (Lipinski definition) is 0. The predicted molar refractivity (Wildman–Crippen MR) is 60.8 cm³/mol. The maximum Gasteiger partial charge on any atom is 0.143 e. The summed E-state index contributed by atoms with van der Waals surface area (Å²) >= 11 is 3.66. The molecule has 0 aliphatic rings. The number of rotatable bonds is 3. The van der Waals surface area contributed by atoms with Crippen molar-refractivity contribution in [3.8, 4) is 5.75 Å². The van der Waals surface area contributed by atoms with Gasteiger partial charge in [0.15, 0.2) is 0 Å². The highest BCUT2D eigenvalue weighted by atomic mass is 32.1. The van der Waals surface area contributed by atoms with Crippen LogP contribution in [0.2, 0.25) is 0 Å². The first kappa shape index (κ1) is 10.5. The van der Waals surface area contributed by atoms with Gasteiger partial charge in [-0.3, -0.25) is 0 Å². The summed E-state index contributed by atoms with van der Waals surface area (Å²) in [7, 11) is 0. The maximum atomic E-state index is 5.36. The van der Waals surface area contributed by atoms with Gasteiger partial charge < -0.3 is 4.74 Å². The van der Waals surface area contributed by atoms with E-state index in [4.69, 9.17) is 4.74 Å². The van der Waals surface area contributed by atoms with Crippen molar-refractivity contribution in [1.29, 1.82) is 0 Å². The zero-order valence-corrected chi connectivity index (χ0v) is 9.42. The van der Waals surface area contributed by atoms with Crippen LogP contribution in [0, 0.1) is 0 Å². The first-order chi connectivity index (χ1) is 6.04. The predicted octanol–water partition coefficient (Wildman–Crippen LogP) is 2.33. The molecular formula is C11H17OS+. The third-order valence-corrected chi connectivity index (χ3v) is 2.18. The van der Waals surface area contributed by atoms with Gasteiger partial charge in [-0.15, -0.1) is 0 Å². The van der Waals surface area contributed by atoms with Gasteiger partial charge in [0.1, 0.15) is 10.5 Å². The van der Waals surface area contributed by atoms with E-state index in [9.17, 15) is 0 Å². The molecule has 0 radical (unpaired) electrons. The van der Waals surface area contributed by atoms with Crippen molar-refractivity contribution in [3.63, 3.8) is 0 Å². The molecule has 13 heavy (non-hydrogen) atoms. The average molecular weight is 197 g/mol. The van der Waals surface area contributed by atoms with Crippen molar-refractivity contribution in [1.82, 2.24) is 0 Å². The van der Waals surface area contributed by atoms with Gasteiger partial charge in [0, 0.05) is 5.56 Å². The van der Waals surface area contributed by atoms with Crippen LogP contribution in [0.25, 0.3) is 0 Å². The third kappa shape index (κ3) is 2.96. The Bertz CT molecular complexity index is 258. The Labute approximate surface area is 85.5 Å².